The first-order valence-corrected chi connectivity index (χ1v) is 4.92. The van der Waals surface area contributed by atoms with Gasteiger partial charge in [0, 0.05) is 12.2 Å². The van der Waals surface area contributed by atoms with Gasteiger partial charge in [-0.05, 0) is 43.0 Å². The molecule has 0 saturated carbocycles. The van der Waals surface area contributed by atoms with Crippen molar-refractivity contribution in [2.24, 2.45) is 0 Å². The maximum absolute atomic E-state index is 5.64. The van der Waals surface area contributed by atoms with Gasteiger partial charge in [0.05, 0.1) is 0 Å². The molecule has 3 heteroatoms. The molecule has 78 valence electrons. The molecule has 0 aromatic heterocycles. The molecule has 0 aliphatic carbocycles. The molecule has 0 amide bonds. The van der Waals surface area contributed by atoms with Gasteiger partial charge in [0.2, 0.25) is 0 Å². The Bertz CT molecular complexity index is 265. The van der Waals surface area contributed by atoms with Crippen molar-refractivity contribution in [2.45, 2.75) is 18.8 Å². The lowest BCUT2D eigenvalue weighted by Crippen LogP contribution is -2.28. The third-order valence-electron chi connectivity index (χ3n) is 2.70. The highest BCUT2D eigenvalue weighted by atomic mass is 35.5. The van der Waals surface area contributed by atoms with E-state index >= 15 is 0 Å². The van der Waals surface area contributed by atoms with Crippen LogP contribution in [0.1, 0.15) is 24.3 Å². The predicted molar refractivity (Wildman–Crippen MR) is 62.9 cm³/mol. The number of benzene rings is 1. The second-order valence-electron chi connectivity index (χ2n) is 3.71. The monoisotopic (exact) mass is 212 g/mol. The second-order valence-corrected chi connectivity index (χ2v) is 3.71. The van der Waals surface area contributed by atoms with Crippen LogP contribution in [0, 0.1) is 0 Å². The van der Waals surface area contributed by atoms with Gasteiger partial charge >= 0.3 is 0 Å². The molecule has 1 aliphatic rings. The summed E-state index contributed by atoms with van der Waals surface area (Å²) in [5, 5.41) is 3.42. The zero-order chi connectivity index (χ0) is 9.10. The fourth-order valence-corrected chi connectivity index (χ4v) is 1.90. The Morgan fingerprint density at radius 1 is 1.21 bits per heavy atom. The van der Waals surface area contributed by atoms with Gasteiger partial charge in [-0.15, -0.1) is 12.4 Å². The Balaban J connectivity index is 0.000000980. The number of piperidine rings is 1. The lowest BCUT2D eigenvalue weighted by molar-refractivity contribution is 0.461. The summed E-state index contributed by atoms with van der Waals surface area (Å²) in [6.07, 6.45) is 2.59. The van der Waals surface area contributed by atoms with Gasteiger partial charge in [-0.2, -0.15) is 0 Å². The molecule has 1 saturated heterocycles. The number of hydrogen-bond acceptors (Lipinski definition) is 2. The highest BCUT2D eigenvalue weighted by molar-refractivity contribution is 5.85. The van der Waals surface area contributed by atoms with Crippen molar-refractivity contribution in [2.75, 3.05) is 18.8 Å². The molecule has 0 unspecified atom stereocenters. The Morgan fingerprint density at radius 2 is 1.93 bits per heavy atom. The van der Waals surface area contributed by atoms with Crippen LogP contribution in [-0.2, 0) is 0 Å². The molecule has 1 atom stereocenters. The van der Waals surface area contributed by atoms with E-state index in [9.17, 15) is 0 Å². The molecule has 1 aromatic carbocycles. The van der Waals surface area contributed by atoms with Crippen LogP contribution in [-0.4, -0.2) is 13.1 Å². The van der Waals surface area contributed by atoms with Gasteiger partial charge in [0.25, 0.3) is 0 Å². The van der Waals surface area contributed by atoms with Crippen LogP contribution in [0.25, 0.3) is 0 Å². The van der Waals surface area contributed by atoms with Crippen molar-refractivity contribution in [1.82, 2.24) is 5.32 Å². The van der Waals surface area contributed by atoms with Crippen LogP contribution in [0.2, 0.25) is 0 Å². The molecule has 1 fully saturated rings. The fourth-order valence-electron chi connectivity index (χ4n) is 1.90. The number of nitrogen functional groups attached to an aromatic ring is 1. The first-order valence-electron chi connectivity index (χ1n) is 4.92. The van der Waals surface area contributed by atoms with E-state index in [4.69, 9.17) is 5.73 Å². The summed E-state index contributed by atoms with van der Waals surface area (Å²) < 4.78 is 0. The van der Waals surface area contributed by atoms with E-state index < -0.39 is 0 Å². The summed E-state index contributed by atoms with van der Waals surface area (Å²) in [5.74, 6) is 0.689. The quantitative estimate of drug-likeness (QED) is 0.701. The SMILES string of the molecule is Cl.Nc1ccc([C@H]2CCCNC2)cc1. The molecular weight excluding hydrogens is 196 g/mol. The highest BCUT2D eigenvalue weighted by Gasteiger charge is 2.14. The maximum atomic E-state index is 5.64. The first kappa shape index (κ1) is 11.3. The molecule has 2 rings (SSSR count). The summed E-state index contributed by atoms with van der Waals surface area (Å²) in [4.78, 5) is 0. The third kappa shape index (κ3) is 2.63. The number of nitrogens with one attached hydrogen (secondary N) is 1. The van der Waals surface area contributed by atoms with E-state index in [-0.39, 0.29) is 12.4 Å². The molecule has 3 N–H and O–H groups in total. The Labute approximate surface area is 91.3 Å². The van der Waals surface area contributed by atoms with E-state index in [0.717, 1.165) is 12.2 Å². The minimum Gasteiger partial charge on any atom is -0.399 e. The minimum absolute atomic E-state index is 0. The molecule has 1 aromatic rings. The van der Waals surface area contributed by atoms with Gasteiger partial charge < -0.3 is 11.1 Å². The van der Waals surface area contributed by atoms with Crippen LogP contribution < -0.4 is 11.1 Å². The average molecular weight is 213 g/mol. The fraction of sp³-hybridized carbons (Fsp3) is 0.455. The minimum atomic E-state index is 0. The topological polar surface area (TPSA) is 38.0 Å². The highest BCUT2D eigenvalue weighted by Crippen LogP contribution is 2.23. The summed E-state index contributed by atoms with van der Waals surface area (Å²) >= 11 is 0. The van der Waals surface area contributed by atoms with Crippen molar-refractivity contribution < 1.29 is 0 Å². The molecule has 0 spiro atoms. The zero-order valence-electron chi connectivity index (χ0n) is 8.20. The molecular formula is C11H17ClN2. The van der Waals surface area contributed by atoms with Crippen molar-refractivity contribution >= 4 is 18.1 Å². The standard InChI is InChI=1S/C11H16N2.ClH/c12-11-5-3-9(4-6-11)10-2-1-7-13-8-10;/h3-6,10,13H,1-2,7-8,12H2;1H/t10-;/m0./s1. The van der Waals surface area contributed by atoms with Crippen molar-refractivity contribution in [1.29, 1.82) is 0 Å². The summed E-state index contributed by atoms with van der Waals surface area (Å²) in [5.41, 5.74) is 7.91. The summed E-state index contributed by atoms with van der Waals surface area (Å²) in [6, 6.07) is 8.27. The smallest absolute Gasteiger partial charge is 0.0314 e. The van der Waals surface area contributed by atoms with E-state index in [1.165, 1.54) is 24.9 Å². The Morgan fingerprint density at radius 3 is 2.50 bits per heavy atom. The van der Waals surface area contributed by atoms with Gasteiger partial charge in [0.15, 0.2) is 0 Å². The molecule has 1 aliphatic heterocycles. The number of anilines is 1. The van der Waals surface area contributed by atoms with Crippen molar-refractivity contribution in [3.63, 3.8) is 0 Å². The van der Waals surface area contributed by atoms with Gasteiger partial charge in [-0.25, -0.2) is 0 Å². The van der Waals surface area contributed by atoms with Crippen LogP contribution in [0.3, 0.4) is 0 Å². The molecule has 0 bridgehead atoms. The molecule has 14 heavy (non-hydrogen) atoms. The number of nitrogens with two attached hydrogens (primary N) is 1. The number of rotatable bonds is 1. The van der Waals surface area contributed by atoms with Crippen LogP contribution in [0.5, 0.6) is 0 Å². The average Bonchev–Trinajstić information content (AvgIpc) is 2.20. The number of hydrogen-bond donors (Lipinski definition) is 2. The Hall–Kier alpha value is -0.730. The van der Waals surface area contributed by atoms with Crippen molar-refractivity contribution in [3.05, 3.63) is 29.8 Å². The van der Waals surface area contributed by atoms with E-state index in [1.54, 1.807) is 0 Å². The summed E-state index contributed by atoms with van der Waals surface area (Å²) in [7, 11) is 0. The maximum Gasteiger partial charge on any atom is 0.0314 e. The van der Waals surface area contributed by atoms with Gasteiger partial charge in [-0.3, -0.25) is 0 Å². The van der Waals surface area contributed by atoms with E-state index in [1.807, 2.05) is 12.1 Å². The summed E-state index contributed by atoms with van der Waals surface area (Å²) in [6.45, 7) is 2.29. The third-order valence-corrected chi connectivity index (χ3v) is 2.70. The predicted octanol–water partition coefficient (Wildman–Crippen LogP) is 2.16. The van der Waals surface area contributed by atoms with Crippen LogP contribution in [0.15, 0.2) is 24.3 Å². The van der Waals surface area contributed by atoms with Gasteiger partial charge in [0.1, 0.15) is 0 Å². The molecule has 1 heterocycles. The normalized spacial score (nSPS) is 21.3. The molecule has 0 radical (unpaired) electrons. The number of halogens is 1. The van der Waals surface area contributed by atoms with Crippen LogP contribution >= 0.6 is 12.4 Å². The largest absolute Gasteiger partial charge is 0.399 e. The van der Waals surface area contributed by atoms with Crippen LogP contribution in [0.4, 0.5) is 5.69 Å². The van der Waals surface area contributed by atoms with Crippen molar-refractivity contribution in [3.8, 4) is 0 Å². The lowest BCUT2D eigenvalue weighted by Gasteiger charge is -2.23. The first-order chi connectivity index (χ1) is 6.36. The second kappa shape index (κ2) is 5.23. The van der Waals surface area contributed by atoms with E-state index in [0.29, 0.717) is 5.92 Å². The lowest BCUT2D eigenvalue weighted by atomic mass is 9.92. The van der Waals surface area contributed by atoms with Gasteiger partial charge in [-0.1, -0.05) is 12.1 Å². The Kier molecular flexibility index (Phi) is 4.23. The molecule has 2 nitrogen and oxygen atoms in total. The zero-order valence-corrected chi connectivity index (χ0v) is 9.02. The van der Waals surface area contributed by atoms with E-state index in [2.05, 4.69) is 17.4 Å².